The second-order valence-corrected chi connectivity index (χ2v) is 11.4. The Bertz CT molecular complexity index is 1770. The van der Waals surface area contributed by atoms with Crippen molar-refractivity contribution in [2.45, 2.75) is 29.8 Å². The molecule has 7 heteroatoms. The summed E-state index contributed by atoms with van der Waals surface area (Å²) in [4.78, 5) is 45.9. The van der Waals surface area contributed by atoms with E-state index in [-0.39, 0.29) is 23.6 Å². The fourth-order valence-corrected chi connectivity index (χ4v) is 8.24. The van der Waals surface area contributed by atoms with Gasteiger partial charge in [-0.25, -0.2) is 0 Å². The van der Waals surface area contributed by atoms with Crippen LogP contribution in [0.3, 0.4) is 0 Å². The second-order valence-electron chi connectivity index (χ2n) is 11.0. The maximum absolute atomic E-state index is 14.8. The maximum atomic E-state index is 14.8. The molecule has 4 aromatic carbocycles. The van der Waals surface area contributed by atoms with Gasteiger partial charge in [-0.15, -0.1) is 0 Å². The number of amides is 2. The van der Waals surface area contributed by atoms with Gasteiger partial charge in [-0.1, -0.05) is 66.2 Å². The smallest absolute Gasteiger partial charge is 0.251 e. The van der Waals surface area contributed by atoms with Crippen LogP contribution in [0.5, 0.6) is 0 Å². The lowest BCUT2D eigenvalue weighted by molar-refractivity contribution is -0.137. The molecular formula is C32H24ClN3O3. The normalized spacial score (nSPS) is 28.5. The highest BCUT2D eigenvalue weighted by atomic mass is 35.5. The Morgan fingerprint density at radius 3 is 2.44 bits per heavy atom. The molecular weight excluding hydrogens is 510 g/mol. The summed E-state index contributed by atoms with van der Waals surface area (Å²) in [6.45, 7) is 0.600. The number of carbonyl (C=O) groups excluding carboxylic acids is 3. The number of nitrogens with zero attached hydrogens (tertiary/aromatic N) is 1. The molecule has 0 bridgehead atoms. The second kappa shape index (κ2) is 7.78. The molecule has 4 aliphatic heterocycles. The van der Waals surface area contributed by atoms with Gasteiger partial charge in [0.1, 0.15) is 11.0 Å². The number of carbonyl (C=O) groups is 3. The third kappa shape index (κ3) is 2.63. The zero-order chi connectivity index (χ0) is 26.5. The lowest BCUT2D eigenvalue weighted by Gasteiger charge is -2.43. The Kier molecular flexibility index (Phi) is 4.57. The van der Waals surface area contributed by atoms with Gasteiger partial charge in [0.25, 0.3) is 5.91 Å². The molecule has 8 rings (SSSR count). The van der Waals surface area contributed by atoms with Gasteiger partial charge in [-0.2, -0.15) is 0 Å². The van der Waals surface area contributed by atoms with E-state index < -0.39 is 16.9 Å². The van der Waals surface area contributed by atoms with Crippen molar-refractivity contribution < 1.29 is 14.4 Å². The van der Waals surface area contributed by atoms with E-state index in [1.807, 2.05) is 66.7 Å². The number of nitrogens with one attached hydrogen (secondary N) is 2. The Morgan fingerprint density at radius 1 is 0.821 bits per heavy atom. The van der Waals surface area contributed by atoms with Crippen LogP contribution in [-0.2, 0) is 20.5 Å². The first kappa shape index (κ1) is 22.9. The van der Waals surface area contributed by atoms with Crippen molar-refractivity contribution in [2.24, 2.45) is 5.92 Å². The molecule has 2 amide bonds. The van der Waals surface area contributed by atoms with Gasteiger partial charge in [-0.3, -0.25) is 19.3 Å². The summed E-state index contributed by atoms with van der Waals surface area (Å²) in [5, 5.41) is 8.61. The SMILES string of the molecule is O=C(c1ccc2ccccc2c1)[C@H]1[C@@H]2CCCN2[C@@]2(C(=O)Nc3ccc(Cl)cc32)[C@]12C(=O)Nc1ccccc12. The Balaban J connectivity index is 1.45. The molecule has 0 radical (unpaired) electrons. The minimum atomic E-state index is -1.47. The number of ketones is 1. The standard InChI is InChI=1S/C32H24ClN3O3/c33-21-13-14-25-23(17-21)32(30(39)35-25)31(22-8-3-4-9-24(22)34-29(31)38)27(26-10-5-15-36(26)32)28(37)20-12-11-18-6-1-2-7-19(18)16-20/h1-4,6-9,11-14,16-17,26-27H,5,10,15H2,(H,34,38)(H,35,39)/t26-,27+,31-,32-/m0/s1. The number of hydrogen-bond donors (Lipinski definition) is 2. The topological polar surface area (TPSA) is 78.5 Å². The zero-order valence-electron chi connectivity index (χ0n) is 20.9. The van der Waals surface area contributed by atoms with Crippen molar-refractivity contribution in [2.75, 3.05) is 17.2 Å². The Hall–Kier alpha value is -4.00. The summed E-state index contributed by atoms with van der Waals surface area (Å²) in [5.74, 6) is -1.50. The molecule has 0 saturated carbocycles. The van der Waals surface area contributed by atoms with E-state index in [1.165, 1.54) is 0 Å². The van der Waals surface area contributed by atoms with Gasteiger partial charge >= 0.3 is 0 Å². The molecule has 2 N–H and O–H groups in total. The predicted molar refractivity (Wildman–Crippen MR) is 150 cm³/mol. The van der Waals surface area contributed by atoms with Crippen molar-refractivity contribution in [1.29, 1.82) is 0 Å². The van der Waals surface area contributed by atoms with E-state index in [4.69, 9.17) is 11.6 Å². The number of anilines is 2. The predicted octanol–water partition coefficient (Wildman–Crippen LogP) is 5.51. The molecule has 0 aromatic heterocycles. The van der Waals surface area contributed by atoms with E-state index in [1.54, 1.807) is 18.2 Å². The maximum Gasteiger partial charge on any atom is 0.251 e. The van der Waals surface area contributed by atoms with Crippen LogP contribution in [0.4, 0.5) is 11.4 Å². The van der Waals surface area contributed by atoms with E-state index in [0.717, 1.165) is 17.2 Å². The van der Waals surface area contributed by atoms with E-state index in [0.29, 0.717) is 46.1 Å². The first-order valence-corrected chi connectivity index (χ1v) is 13.7. The van der Waals surface area contributed by atoms with Crippen molar-refractivity contribution in [3.63, 3.8) is 0 Å². The first-order valence-electron chi connectivity index (χ1n) is 13.3. The number of para-hydroxylation sites is 1. The number of fused-ring (bicyclic) bond motifs is 8. The number of hydrogen-bond acceptors (Lipinski definition) is 4. The van der Waals surface area contributed by atoms with Crippen LogP contribution in [0.15, 0.2) is 84.9 Å². The molecule has 2 fully saturated rings. The molecule has 0 aliphatic carbocycles. The van der Waals surface area contributed by atoms with Crippen LogP contribution < -0.4 is 10.6 Å². The molecule has 0 unspecified atom stereocenters. The van der Waals surface area contributed by atoms with Crippen molar-refractivity contribution in [3.8, 4) is 0 Å². The lowest BCUT2D eigenvalue weighted by atomic mass is 9.57. The monoisotopic (exact) mass is 533 g/mol. The minimum Gasteiger partial charge on any atom is -0.325 e. The first-order chi connectivity index (χ1) is 19.0. The Labute approximate surface area is 230 Å². The molecule has 4 aliphatic rings. The van der Waals surface area contributed by atoms with E-state index >= 15 is 0 Å². The lowest BCUT2D eigenvalue weighted by Crippen LogP contribution is -2.62. The van der Waals surface area contributed by atoms with Crippen molar-refractivity contribution in [3.05, 3.63) is 107 Å². The highest BCUT2D eigenvalue weighted by Crippen LogP contribution is 2.68. The third-order valence-electron chi connectivity index (χ3n) is 9.37. The van der Waals surface area contributed by atoms with Gasteiger partial charge in [0.2, 0.25) is 5.91 Å². The quantitative estimate of drug-likeness (QED) is 0.333. The van der Waals surface area contributed by atoms with Crippen LogP contribution in [0, 0.1) is 5.92 Å². The molecule has 4 aromatic rings. The van der Waals surface area contributed by atoms with Crippen LogP contribution in [0.25, 0.3) is 10.8 Å². The van der Waals surface area contributed by atoms with Crippen LogP contribution in [0.1, 0.15) is 34.3 Å². The minimum absolute atomic E-state index is 0.121. The van der Waals surface area contributed by atoms with Gasteiger partial charge in [0.05, 0.1) is 5.92 Å². The summed E-state index contributed by atoms with van der Waals surface area (Å²) in [7, 11) is 0. The number of halogens is 1. The average Bonchev–Trinajstić information content (AvgIpc) is 3.67. The fraction of sp³-hybridized carbons (Fsp3) is 0.219. The third-order valence-corrected chi connectivity index (χ3v) is 9.61. The van der Waals surface area contributed by atoms with Crippen molar-refractivity contribution in [1.82, 2.24) is 4.90 Å². The molecule has 39 heavy (non-hydrogen) atoms. The van der Waals surface area contributed by atoms with Gasteiger partial charge in [0, 0.05) is 33.6 Å². The molecule has 4 atom stereocenters. The fourth-order valence-electron chi connectivity index (χ4n) is 8.07. The molecule has 2 saturated heterocycles. The Morgan fingerprint density at radius 2 is 1.56 bits per heavy atom. The summed E-state index contributed by atoms with van der Waals surface area (Å²) in [6, 6.07) is 26.1. The highest BCUT2D eigenvalue weighted by Gasteiger charge is 2.81. The number of rotatable bonds is 2. The summed E-state index contributed by atoms with van der Waals surface area (Å²) in [5.41, 5.74) is 0.274. The average molecular weight is 534 g/mol. The van der Waals surface area contributed by atoms with Crippen LogP contribution in [0.2, 0.25) is 5.02 Å². The molecule has 192 valence electrons. The highest BCUT2D eigenvalue weighted by molar-refractivity contribution is 6.31. The number of Topliss-reactive ketones (excluding diaryl/α,β-unsaturated/α-hetero) is 1. The zero-order valence-corrected chi connectivity index (χ0v) is 21.7. The molecule has 6 nitrogen and oxygen atoms in total. The summed E-state index contributed by atoms with van der Waals surface area (Å²) >= 11 is 6.53. The number of benzene rings is 4. The van der Waals surface area contributed by atoms with Gasteiger partial charge in [0.15, 0.2) is 5.78 Å². The van der Waals surface area contributed by atoms with Crippen LogP contribution in [-0.4, -0.2) is 35.1 Å². The summed E-state index contributed by atoms with van der Waals surface area (Å²) in [6.07, 6.45) is 1.54. The molecule has 4 heterocycles. The van der Waals surface area contributed by atoms with E-state index in [2.05, 4.69) is 15.5 Å². The van der Waals surface area contributed by atoms with Gasteiger partial charge in [-0.05, 0) is 66.1 Å². The largest absolute Gasteiger partial charge is 0.325 e. The molecule has 2 spiro atoms. The van der Waals surface area contributed by atoms with Gasteiger partial charge < -0.3 is 10.6 Å². The summed E-state index contributed by atoms with van der Waals surface area (Å²) < 4.78 is 0. The van der Waals surface area contributed by atoms with E-state index in [9.17, 15) is 14.4 Å². The van der Waals surface area contributed by atoms with Crippen LogP contribution >= 0.6 is 11.6 Å². The van der Waals surface area contributed by atoms with Crippen molar-refractivity contribution >= 4 is 51.3 Å².